The predicted octanol–water partition coefficient (Wildman–Crippen LogP) is 2.42. The molecule has 21 heavy (non-hydrogen) atoms. The number of nitrogens with zero attached hydrogens (tertiary/aromatic N) is 3. The van der Waals surface area contributed by atoms with Crippen LogP contribution in [0.4, 0.5) is 5.69 Å². The molecule has 1 aliphatic rings. The molecule has 5 nitrogen and oxygen atoms in total. The quantitative estimate of drug-likeness (QED) is 0.814. The van der Waals surface area contributed by atoms with Crippen molar-refractivity contribution in [2.45, 2.75) is 33.2 Å². The Balaban J connectivity index is 2.05. The maximum atomic E-state index is 12.3. The highest BCUT2D eigenvalue weighted by Crippen LogP contribution is 2.51. The number of hydrogen-bond acceptors (Lipinski definition) is 4. The lowest BCUT2D eigenvalue weighted by molar-refractivity contribution is 0.367. The van der Waals surface area contributed by atoms with Crippen LogP contribution in [0.1, 0.15) is 26.7 Å². The lowest BCUT2D eigenvalue weighted by atomic mass is 9.92. The van der Waals surface area contributed by atoms with Gasteiger partial charge in [0.2, 0.25) is 0 Å². The molecule has 0 atom stereocenters. The van der Waals surface area contributed by atoms with E-state index in [4.69, 9.17) is 0 Å². The van der Waals surface area contributed by atoms with Crippen LogP contribution in [-0.2, 0) is 6.54 Å². The van der Waals surface area contributed by atoms with Gasteiger partial charge in [0, 0.05) is 13.1 Å². The third-order valence-electron chi connectivity index (χ3n) is 4.49. The van der Waals surface area contributed by atoms with Gasteiger partial charge in [0.1, 0.15) is 4.47 Å². The van der Waals surface area contributed by atoms with E-state index >= 15 is 0 Å². The highest BCUT2D eigenvalue weighted by molar-refractivity contribution is 9.10. The van der Waals surface area contributed by atoms with E-state index in [-0.39, 0.29) is 5.56 Å². The summed E-state index contributed by atoms with van der Waals surface area (Å²) in [7, 11) is 3.97. The Labute approximate surface area is 134 Å². The molecule has 0 spiro atoms. The summed E-state index contributed by atoms with van der Waals surface area (Å²) in [6.07, 6.45) is 4.28. The lowest BCUT2D eigenvalue weighted by Gasteiger charge is -2.21. The number of likely N-dealkylation sites (N-methyl/N-ethyl adjacent to an activating group) is 1. The minimum atomic E-state index is -0.0729. The van der Waals surface area contributed by atoms with Crippen molar-refractivity contribution in [3.63, 3.8) is 0 Å². The molecular weight excluding hydrogens is 332 g/mol. The smallest absolute Gasteiger partial charge is 0.283 e. The first kappa shape index (κ1) is 16.5. The Bertz CT molecular complexity index is 549. The van der Waals surface area contributed by atoms with Crippen molar-refractivity contribution in [3.8, 4) is 0 Å². The molecule has 2 rings (SSSR count). The van der Waals surface area contributed by atoms with Crippen LogP contribution in [0, 0.1) is 11.3 Å². The van der Waals surface area contributed by atoms with E-state index in [1.807, 2.05) is 19.0 Å². The average molecular weight is 357 g/mol. The van der Waals surface area contributed by atoms with Crippen molar-refractivity contribution in [2.24, 2.45) is 11.3 Å². The first-order valence-corrected chi connectivity index (χ1v) is 8.29. The molecule has 1 saturated carbocycles. The molecule has 0 bridgehead atoms. The van der Waals surface area contributed by atoms with Crippen molar-refractivity contribution < 1.29 is 0 Å². The number of aromatic nitrogens is 2. The van der Waals surface area contributed by atoms with Gasteiger partial charge in [-0.2, -0.15) is 5.10 Å². The number of halogens is 1. The van der Waals surface area contributed by atoms with Crippen molar-refractivity contribution >= 4 is 21.6 Å². The molecule has 6 heteroatoms. The zero-order valence-electron chi connectivity index (χ0n) is 13.3. The summed E-state index contributed by atoms with van der Waals surface area (Å²) in [6.45, 7) is 6.83. The maximum Gasteiger partial charge on any atom is 0.283 e. The molecule has 1 aromatic heterocycles. The van der Waals surface area contributed by atoms with Crippen LogP contribution in [0.5, 0.6) is 0 Å². The van der Waals surface area contributed by atoms with E-state index in [1.165, 1.54) is 17.5 Å². The van der Waals surface area contributed by atoms with Crippen LogP contribution in [0.15, 0.2) is 15.5 Å². The third-order valence-corrected chi connectivity index (χ3v) is 5.26. The minimum Gasteiger partial charge on any atom is -0.382 e. The molecule has 118 valence electrons. The van der Waals surface area contributed by atoms with Gasteiger partial charge in [-0.05, 0) is 54.2 Å². The summed E-state index contributed by atoms with van der Waals surface area (Å²) in [4.78, 5) is 14.3. The zero-order chi connectivity index (χ0) is 15.6. The molecule has 0 unspecified atom stereocenters. The normalized spacial score (nSPS) is 16.5. The Morgan fingerprint density at radius 2 is 2.14 bits per heavy atom. The average Bonchev–Trinajstić information content (AvgIpc) is 3.20. The van der Waals surface area contributed by atoms with Gasteiger partial charge in [0.05, 0.1) is 18.4 Å². The van der Waals surface area contributed by atoms with Crippen molar-refractivity contribution in [1.82, 2.24) is 14.7 Å². The predicted molar refractivity (Wildman–Crippen MR) is 89.7 cm³/mol. The van der Waals surface area contributed by atoms with Gasteiger partial charge in [-0.25, -0.2) is 4.68 Å². The Morgan fingerprint density at radius 3 is 2.67 bits per heavy atom. The zero-order valence-corrected chi connectivity index (χ0v) is 14.9. The van der Waals surface area contributed by atoms with Gasteiger partial charge >= 0.3 is 0 Å². The summed E-state index contributed by atoms with van der Waals surface area (Å²) in [5.74, 6) is 0.664. The second-order valence-electron chi connectivity index (χ2n) is 6.57. The summed E-state index contributed by atoms with van der Waals surface area (Å²) in [5, 5.41) is 7.66. The van der Waals surface area contributed by atoms with Gasteiger partial charge in [0.25, 0.3) is 5.56 Å². The SMILES string of the molecule is CC(C)C1(CNc2cnn(CCN(C)C)c(=O)c2Br)CC1. The Kier molecular flexibility index (Phi) is 5.09. The van der Waals surface area contributed by atoms with E-state index in [2.05, 4.69) is 40.2 Å². The van der Waals surface area contributed by atoms with Crippen LogP contribution in [0.3, 0.4) is 0 Å². The number of rotatable bonds is 7. The van der Waals surface area contributed by atoms with Gasteiger partial charge in [-0.3, -0.25) is 4.79 Å². The van der Waals surface area contributed by atoms with Gasteiger partial charge in [-0.15, -0.1) is 0 Å². The summed E-state index contributed by atoms with van der Waals surface area (Å²) < 4.78 is 2.08. The van der Waals surface area contributed by atoms with Gasteiger partial charge in [0.15, 0.2) is 0 Å². The Hall–Kier alpha value is -0.880. The number of anilines is 1. The van der Waals surface area contributed by atoms with E-state index < -0.39 is 0 Å². The largest absolute Gasteiger partial charge is 0.382 e. The fourth-order valence-corrected chi connectivity index (χ4v) is 2.88. The van der Waals surface area contributed by atoms with Crippen LogP contribution < -0.4 is 10.9 Å². The first-order valence-electron chi connectivity index (χ1n) is 7.50. The van der Waals surface area contributed by atoms with E-state index in [1.54, 1.807) is 6.20 Å². The molecule has 1 heterocycles. The topological polar surface area (TPSA) is 50.2 Å². The van der Waals surface area contributed by atoms with Crippen molar-refractivity contribution in [1.29, 1.82) is 0 Å². The van der Waals surface area contributed by atoms with E-state index in [0.717, 1.165) is 18.8 Å². The van der Waals surface area contributed by atoms with Gasteiger partial charge in [-0.1, -0.05) is 13.8 Å². The van der Waals surface area contributed by atoms with E-state index in [0.29, 0.717) is 22.4 Å². The molecule has 0 saturated heterocycles. The first-order chi connectivity index (χ1) is 9.85. The van der Waals surface area contributed by atoms with Gasteiger partial charge < -0.3 is 10.2 Å². The summed E-state index contributed by atoms with van der Waals surface area (Å²) >= 11 is 3.41. The summed E-state index contributed by atoms with van der Waals surface area (Å²) in [6, 6.07) is 0. The second-order valence-corrected chi connectivity index (χ2v) is 7.37. The van der Waals surface area contributed by atoms with Crippen LogP contribution >= 0.6 is 15.9 Å². The molecule has 1 N–H and O–H groups in total. The van der Waals surface area contributed by atoms with E-state index in [9.17, 15) is 4.79 Å². The number of nitrogens with one attached hydrogen (secondary N) is 1. The maximum absolute atomic E-state index is 12.3. The lowest BCUT2D eigenvalue weighted by Crippen LogP contribution is -2.30. The fourth-order valence-electron chi connectivity index (χ4n) is 2.43. The molecule has 1 aliphatic carbocycles. The second kappa shape index (κ2) is 6.48. The fraction of sp³-hybridized carbons (Fsp3) is 0.733. The van der Waals surface area contributed by atoms with Crippen molar-refractivity contribution in [2.75, 3.05) is 32.5 Å². The number of hydrogen-bond donors (Lipinski definition) is 1. The molecule has 0 aliphatic heterocycles. The molecular formula is C15H25BrN4O. The highest BCUT2D eigenvalue weighted by Gasteiger charge is 2.45. The molecule has 1 fully saturated rings. The molecule has 1 aromatic rings. The minimum absolute atomic E-state index is 0.0729. The standard InChI is InChI=1S/C15H25BrN4O/c1-11(2)15(5-6-15)10-17-12-9-18-20(8-7-19(3)4)14(21)13(12)16/h9,11,17H,5-8,10H2,1-4H3. The Morgan fingerprint density at radius 1 is 1.48 bits per heavy atom. The van der Waals surface area contributed by atoms with Crippen LogP contribution in [0.25, 0.3) is 0 Å². The highest BCUT2D eigenvalue weighted by atomic mass is 79.9. The third kappa shape index (κ3) is 3.86. The van der Waals surface area contributed by atoms with Crippen LogP contribution in [0.2, 0.25) is 0 Å². The summed E-state index contributed by atoms with van der Waals surface area (Å²) in [5.41, 5.74) is 1.13. The molecule has 0 radical (unpaired) electrons. The molecule has 0 amide bonds. The molecule has 0 aromatic carbocycles. The van der Waals surface area contributed by atoms with Crippen LogP contribution in [-0.4, -0.2) is 41.9 Å². The van der Waals surface area contributed by atoms with Crippen molar-refractivity contribution in [3.05, 3.63) is 21.0 Å². The monoisotopic (exact) mass is 356 g/mol.